The lowest BCUT2D eigenvalue weighted by molar-refractivity contribution is -0.141. The number of pyridine rings is 2. The number of carbonyl (C=O) groups excluding carboxylic acids is 1. The van der Waals surface area contributed by atoms with Gasteiger partial charge in [0.1, 0.15) is 11.4 Å². The van der Waals surface area contributed by atoms with Gasteiger partial charge in [-0.3, -0.25) is 9.78 Å². The average Bonchev–Trinajstić information content (AvgIpc) is 2.38. The lowest BCUT2D eigenvalue weighted by Gasteiger charge is -2.08. The van der Waals surface area contributed by atoms with Crippen LogP contribution in [0.15, 0.2) is 36.8 Å². The van der Waals surface area contributed by atoms with E-state index >= 15 is 0 Å². The van der Waals surface area contributed by atoms with Gasteiger partial charge in [-0.1, -0.05) is 0 Å². The van der Waals surface area contributed by atoms with Crippen molar-refractivity contribution in [3.8, 4) is 5.75 Å². The Bertz CT molecular complexity index is 627. The maximum Gasteiger partial charge on any atom is 0.433 e. The maximum absolute atomic E-state index is 12.3. The quantitative estimate of drug-likeness (QED) is 0.887. The predicted octanol–water partition coefficient (Wildman–Crippen LogP) is 2.45. The van der Waals surface area contributed by atoms with Gasteiger partial charge in [0.2, 0.25) is 0 Å². The molecule has 104 valence electrons. The number of rotatable bonds is 2. The second kappa shape index (κ2) is 5.16. The summed E-state index contributed by atoms with van der Waals surface area (Å²) in [7, 11) is 0. The minimum atomic E-state index is -4.54. The fourth-order valence-corrected chi connectivity index (χ4v) is 1.41. The molecule has 0 aliphatic rings. The van der Waals surface area contributed by atoms with Crippen molar-refractivity contribution in [1.29, 1.82) is 0 Å². The summed E-state index contributed by atoms with van der Waals surface area (Å²) in [5.74, 6) is -1.00. The first kappa shape index (κ1) is 13.8. The first-order chi connectivity index (χ1) is 9.38. The smallest absolute Gasteiger partial charge is 0.433 e. The molecule has 2 rings (SSSR count). The SMILES string of the molecule is O=C(Nc1ccc(C(F)(F)F)nc1)c1ccncc1O. The van der Waals surface area contributed by atoms with Crippen molar-refractivity contribution in [1.82, 2.24) is 9.97 Å². The van der Waals surface area contributed by atoms with E-state index in [0.29, 0.717) is 0 Å². The van der Waals surface area contributed by atoms with Crippen molar-refractivity contribution in [3.63, 3.8) is 0 Å². The van der Waals surface area contributed by atoms with Crippen molar-refractivity contribution in [2.75, 3.05) is 5.32 Å². The molecular formula is C12H8F3N3O2. The van der Waals surface area contributed by atoms with E-state index in [1.807, 2.05) is 0 Å². The Labute approximate surface area is 111 Å². The number of carbonyl (C=O) groups is 1. The molecule has 0 aromatic carbocycles. The fraction of sp³-hybridized carbons (Fsp3) is 0.0833. The summed E-state index contributed by atoms with van der Waals surface area (Å²) in [5.41, 5.74) is -1.01. The van der Waals surface area contributed by atoms with Crippen molar-refractivity contribution in [2.45, 2.75) is 6.18 Å². The van der Waals surface area contributed by atoms with Crippen LogP contribution >= 0.6 is 0 Å². The van der Waals surface area contributed by atoms with Crippen LogP contribution in [0, 0.1) is 0 Å². The van der Waals surface area contributed by atoms with Gasteiger partial charge < -0.3 is 10.4 Å². The topological polar surface area (TPSA) is 75.1 Å². The molecule has 2 aromatic rings. The number of hydrogen-bond acceptors (Lipinski definition) is 4. The van der Waals surface area contributed by atoms with Gasteiger partial charge in [-0.05, 0) is 18.2 Å². The molecule has 2 N–H and O–H groups in total. The van der Waals surface area contributed by atoms with Crippen LogP contribution in [0.5, 0.6) is 5.75 Å². The van der Waals surface area contributed by atoms with Gasteiger partial charge in [-0.2, -0.15) is 13.2 Å². The van der Waals surface area contributed by atoms with Crippen LogP contribution in [0.25, 0.3) is 0 Å². The van der Waals surface area contributed by atoms with Gasteiger partial charge in [0.05, 0.1) is 23.6 Å². The first-order valence-electron chi connectivity index (χ1n) is 5.35. The largest absolute Gasteiger partial charge is 0.505 e. The number of nitrogens with one attached hydrogen (secondary N) is 1. The van der Waals surface area contributed by atoms with Crippen LogP contribution in [0.1, 0.15) is 16.1 Å². The van der Waals surface area contributed by atoms with Crippen LogP contribution < -0.4 is 5.32 Å². The zero-order valence-electron chi connectivity index (χ0n) is 9.85. The third-order valence-electron chi connectivity index (χ3n) is 2.36. The van der Waals surface area contributed by atoms with Gasteiger partial charge >= 0.3 is 6.18 Å². The predicted molar refractivity (Wildman–Crippen MR) is 63.1 cm³/mol. The molecule has 0 radical (unpaired) electrons. The Morgan fingerprint density at radius 1 is 1.20 bits per heavy atom. The van der Waals surface area contributed by atoms with Gasteiger partial charge in [-0.25, -0.2) is 4.98 Å². The lowest BCUT2D eigenvalue weighted by Crippen LogP contribution is -2.13. The molecule has 8 heteroatoms. The fourth-order valence-electron chi connectivity index (χ4n) is 1.41. The molecule has 2 heterocycles. The zero-order chi connectivity index (χ0) is 14.8. The summed E-state index contributed by atoms with van der Waals surface area (Å²) in [6.45, 7) is 0. The molecule has 2 aromatic heterocycles. The molecule has 0 saturated carbocycles. The molecule has 20 heavy (non-hydrogen) atoms. The highest BCUT2D eigenvalue weighted by Gasteiger charge is 2.32. The lowest BCUT2D eigenvalue weighted by atomic mass is 10.2. The van der Waals surface area contributed by atoms with E-state index in [1.54, 1.807) is 0 Å². The van der Waals surface area contributed by atoms with Crippen molar-refractivity contribution >= 4 is 11.6 Å². The van der Waals surface area contributed by atoms with Crippen molar-refractivity contribution < 1.29 is 23.1 Å². The monoisotopic (exact) mass is 283 g/mol. The number of aromatic hydroxyl groups is 1. The van der Waals surface area contributed by atoms with E-state index in [-0.39, 0.29) is 17.0 Å². The normalized spacial score (nSPS) is 11.2. The van der Waals surface area contributed by atoms with Gasteiger partial charge in [0.25, 0.3) is 5.91 Å². The molecule has 1 amide bonds. The minimum absolute atomic E-state index is 0.0418. The van der Waals surface area contributed by atoms with E-state index in [4.69, 9.17) is 0 Å². The summed E-state index contributed by atoms with van der Waals surface area (Å²) in [6.07, 6.45) is -1.26. The van der Waals surface area contributed by atoms with Crippen molar-refractivity contribution in [2.24, 2.45) is 0 Å². The van der Waals surface area contributed by atoms with E-state index in [0.717, 1.165) is 24.5 Å². The van der Waals surface area contributed by atoms with E-state index in [2.05, 4.69) is 15.3 Å². The molecule has 0 unspecified atom stereocenters. The molecule has 0 bridgehead atoms. The molecule has 0 aliphatic carbocycles. The van der Waals surface area contributed by atoms with Gasteiger partial charge in [0, 0.05) is 6.20 Å². The Morgan fingerprint density at radius 2 is 1.95 bits per heavy atom. The third-order valence-corrected chi connectivity index (χ3v) is 2.36. The Balaban J connectivity index is 2.15. The third kappa shape index (κ3) is 3.02. The van der Waals surface area contributed by atoms with E-state index in [9.17, 15) is 23.1 Å². The number of alkyl halides is 3. The van der Waals surface area contributed by atoms with Gasteiger partial charge in [-0.15, -0.1) is 0 Å². The van der Waals surface area contributed by atoms with Gasteiger partial charge in [0.15, 0.2) is 0 Å². The summed E-state index contributed by atoms with van der Waals surface area (Å²) in [6, 6.07) is 3.11. The molecule has 0 spiro atoms. The van der Waals surface area contributed by atoms with E-state index < -0.39 is 17.8 Å². The number of nitrogens with zero attached hydrogens (tertiary/aromatic N) is 2. The Hall–Kier alpha value is -2.64. The van der Waals surface area contributed by atoms with E-state index in [1.165, 1.54) is 12.3 Å². The Kier molecular flexibility index (Phi) is 3.55. The molecular weight excluding hydrogens is 275 g/mol. The summed E-state index contributed by atoms with van der Waals surface area (Å²) in [5, 5.41) is 11.7. The molecule has 0 fully saturated rings. The van der Waals surface area contributed by atoms with Crippen LogP contribution in [0.4, 0.5) is 18.9 Å². The highest BCUT2D eigenvalue weighted by atomic mass is 19.4. The highest BCUT2D eigenvalue weighted by molar-refractivity contribution is 6.05. The summed E-state index contributed by atoms with van der Waals surface area (Å²) in [4.78, 5) is 18.6. The maximum atomic E-state index is 12.3. The number of aromatic nitrogens is 2. The van der Waals surface area contributed by atoms with Crippen LogP contribution in [0.2, 0.25) is 0 Å². The first-order valence-corrected chi connectivity index (χ1v) is 5.35. The average molecular weight is 283 g/mol. The molecule has 0 atom stereocenters. The minimum Gasteiger partial charge on any atom is -0.505 e. The summed E-state index contributed by atoms with van der Waals surface area (Å²) < 4.78 is 36.9. The highest BCUT2D eigenvalue weighted by Crippen LogP contribution is 2.28. The van der Waals surface area contributed by atoms with Crippen molar-refractivity contribution in [3.05, 3.63) is 48.0 Å². The number of halogens is 3. The van der Waals surface area contributed by atoms with Crippen LogP contribution in [-0.4, -0.2) is 21.0 Å². The number of hydrogen-bond donors (Lipinski definition) is 2. The summed E-state index contributed by atoms with van der Waals surface area (Å²) >= 11 is 0. The second-order valence-electron chi connectivity index (χ2n) is 3.78. The molecule has 0 aliphatic heterocycles. The number of anilines is 1. The Morgan fingerprint density at radius 3 is 2.50 bits per heavy atom. The van der Waals surface area contributed by atoms with Crippen LogP contribution in [0.3, 0.4) is 0 Å². The standard InChI is InChI=1S/C12H8F3N3O2/c13-12(14,15)10-2-1-7(5-17-10)18-11(20)8-3-4-16-6-9(8)19/h1-6,19H,(H,18,20). The zero-order valence-corrected chi connectivity index (χ0v) is 9.85. The molecule has 0 saturated heterocycles. The number of amides is 1. The molecule has 5 nitrogen and oxygen atoms in total. The van der Waals surface area contributed by atoms with Crippen LogP contribution in [-0.2, 0) is 6.18 Å². The second-order valence-corrected chi connectivity index (χ2v) is 3.78.